The van der Waals surface area contributed by atoms with Gasteiger partial charge in [-0.2, -0.15) is 11.8 Å². The Labute approximate surface area is 106 Å². The number of thioether (sulfide) groups is 1. The van der Waals surface area contributed by atoms with E-state index >= 15 is 0 Å². The van der Waals surface area contributed by atoms with E-state index in [0.29, 0.717) is 30.2 Å². The van der Waals surface area contributed by atoms with Crippen LogP contribution in [0, 0.1) is 0 Å². The lowest BCUT2D eigenvalue weighted by molar-refractivity contribution is 0.0953. The molecule has 0 bridgehead atoms. The number of hydrogen-bond donors (Lipinski definition) is 2. The molecule has 1 rings (SSSR count). The van der Waals surface area contributed by atoms with Crippen LogP contribution in [0.25, 0.3) is 0 Å². The smallest absolute Gasteiger partial charge is 0.257 e. The van der Waals surface area contributed by atoms with Gasteiger partial charge in [-0.15, -0.1) is 0 Å². The minimum Gasteiger partial charge on any atom is -0.493 e. The minimum atomic E-state index is -0.180. The first-order valence-electron chi connectivity index (χ1n) is 5.49. The fourth-order valence-corrected chi connectivity index (χ4v) is 1.73. The summed E-state index contributed by atoms with van der Waals surface area (Å²) in [5, 5.41) is 2.82. The van der Waals surface area contributed by atoms with E-state index in [4.69, 9.17) is 10.5 Å². The van der Waals surface area contributed by atoms with Crippen molar-refractivity contribution in [2.75, 3.05) is 30.9 Å². The Balaban J connectivity index is 2.83. The maximum absolute atomic E-state index is 12.0. The summed E-state index contributed by atoms with van der Waals surface area (Å²) in [6.45, 7) is 3.01. The number of nitrogens with one attached hydrogen (secondary N) is 1. The number of carbonyl (C=O) groups excluding carboxylic acids is 1. The van der Waals surface area contributed by atoms with Gasteiger partial charge in [-0.25, -0.2) is 0 Å². The van der Waals surface area contributed by atoms with Gasteiger partial charge < -0.3 is 15.8 Å². The average Bonchev–Trinajstić information content (AvgIpc) is 2.30. The van der Waals surface area contributed by atoms with E-state index in [2.05, 4.69) is 5.32 Å². The lowest BCUT2D eigenvalue weighted by Gasteiger charge is -2.12. The topological polar surface area (TPSA) is 64.3 Å². The second-order valence-electron chi connectivity index (χ2n) is 3.40. The Kier molecular flexibility index (Phi) is 5.69. The summed E-state index contributed by atoms with van der Waals surface area (Å²) in [6.07, 6.45) is 1.99. The summed E-state index contributed by atoms with van der Waals surface area (Å²) in [4.78, 5) is 12.0. The van der Waals surface area contributed by atoms with Gasteiger partial charge in [-0.05, 0) is 25.3 Å². The summed E-state index contributed by atoms with van der Waals surface area (Å²) in [5.74, 6) is 1.23. The van der Waals surface area contributed by atoms with Crippen molar-refractivity contribution < 1.29 is 9.53 Å². The molecule has 0 aliphatic carbocycles. The van der Waals surface area contributed by atoms with Crippen molar-refractivity contribution in [3.63, 3.8) is 0 Å². The van der Waals surface area contributed by atoms with Crippen LogP contribution in [0.4, 0.5) is 5.69 Å². The van der Waals surface area contributed by atoms with Crippen LogP contribution in [0.3, 0.4) is 0 Å². The lowest BCUT2D eigenvalue weighted by Crippen LogP contribution is -2.27. The van der Waals surface area contributed by atoms with E-state index in [-0.39, 0.29) is 5.91 Å². The number of benzene rings is 1. The first-order chi connectivity index (χ1) is 8.20. The first kappa shape index (κ1) is 13.7. The quantitative estimate of drug-likeness (QED) is 0.600. The van der Waals surface area contributed by atoms with E-state index in [1.807, 2.05) is 13.2 Å². The highest BCUT2D eigenvalue weighted by Crippen LogP contribution is 2.24. The normalized spacial score (nSPS) is 10.0. The Morgan fingerprint density at radius 2 is 2.29 bits per heavy atom. The van der Waals surface area contributed by atoms with Gasteiger partial charge in [-0.1, -0.05) is 6.07 Å². The van der Waals surface area contributed by atoms with Crippen molar-refractivity contribution in [1.82, 2.24) is 5.32 Å². The predicted octanol–water partition coefficient (Wildman–Crippen LogP) is 1.76. The molecule has 0 fully saturated rings. The molecule has 0 heterocycles. The second-order valence-corrected chi connectivity index (χ2v) is 4.39. The van der Waals surface area contributed by atoms with Gasteiger partial charge >= 0.3 is 0 Å². The Hall–Kier alpha value is -1.36. The molecule has 1 aromatic rings. The minimum absolute atomic E-state index is 0.180. The molecular weight excluding hydrogens is 236 g/mol. The molecule has 0 spiro atoms. The van der Waals surface area contributed by atoms with Gasteiger partial charge in [-0.3, -0.25) is 4.79 Å². The van der Waals surface area contributed by atoms with Crippen LogP contribution >= 0.6 is 11.8 Å². The van der Waals surface area contributed by atoms with Crippen molar-refractivity contribution in [3.8, 4) is 5.75 Å². The predicted molar refractivity (Wildman–Crippen MR) is 72.7 cm³/mol. The highest BCUT2D eigenvalue weighted by atomic mass is 32.2. The van der Waals surface area contributed by atoms with Crippen molar-refractivity contribution in [2.24, 2.45) is 0 Å². The number of rotatable bonds is 6. The molecular formula is C12H18N2O2S. The van der Waals surface area contributed by atoms with Gasteiger partial charge in [0.25, 0.3) is 5.91 Å². The average molecular weight is 254 g/mol. The fourth-order valence-electron chi connectivity index (χ4n) is 1.42. The van der Waals surface area contributed by atoms with Crippen molar-refractivity contribution >= 4 is 23.4 Å². The number of hydrogen-bond acceptors (Lipinski definition) is 4. The van der Waals surface area contributed by atoms with Crippen LogP contribution < -0.4 is 15.8 Å². The number of carbonyl (C=O) groups is 1. The van der Waals surface area contributed by atoms with Crippen LogP contribution in [0.1, 0.15) is 17.3 Å². The van der Waals surface area contributed by atoms with Crippen LogP contribution in [0.15, 0.2) is 18.2 Å². The van der Waals surface area contributed by atoms with Crippen LogP contribution in [0.5, 0.6) is 5.75 Å². The van der Waals surface area contributed by atoms with E-state index in [1.165, 1.54) is 0 Å². The number of ether oxygens (including phenoxy) is 1. The first-order valence-corrected chi connectivity index (χ1v) is 6.88. The zero-order valence-electron chi connectivity index (χ0n) is 10.2. The maximum atomic E-state index is 12.0. The molecule has 1 amide bonds. The standard InChI is InChI=1S/C12H18N2O2S/c1-3-16-10-6-4-5-9(13)11(10)12(15)14-7-8-17-2/h4-6H,3,7-8,13H2,1-2H3,(H,14,15). The number of anilines is 1. The molecule has 0 unspecified atom stereocenters. The molecule has 1 aromatic carbocycles. The van der Waals surface area contributed by atoms with E-state index < -0.39 is 0 Å². The number of nitrogens with two attached hydrogens (primary N) is 1. The lowest BCUT2D eigenvalue weighted by atomic mass is 10.1. The summed E-state index contributed by atoms with van der Waals surface area (Å²) in [7, 11) is 0. The Bertz CT molecular complexity index is 383. The molecule has 0 aliphatic heterocycles. The molecule has 17 heavy (non-hydrogen) atoms. The third kappa shape index (κ3) is 3.85. The summed E-state index contributed by atoms with van der Waals surface area (Å²) in [6, 6.07) is 5.23. The van der Waals surface area contributed by atoms with E-state index in [1.54, 1.807) is 30.0 Å². The summed E-state index contributed by atoms with van der Waals surface area (Å²) >= 11 is 1.68. The van der Waals surface area contributed by atoms with Crippen molar-refractivity contribution in [3.05, 3.63) is 23.8 Å². The second kappa shape index (κ2) is 7.06. The Morgan fingerprint density at radius 1 is 1.53 bits per heavy atom. The van der Waals surface area contributed by atoms with Crippen LogP contribution in [-0.4, -0.2) is 31.1 Å². The third-order valence-corrected chi connectivity index (χ3v) is 2.79. The molecule has 0 atom stereocenters. The Morgan fingerprint density at radius 3 is 2.94 bits per heavy atom. The fraction of sp³-hybridized carbons (Fsp3) is 0.417. The van der Waals surface area contributed by atoms with Gasteiger partial charge in [0, 0.05) is 18.0 Å². The SMILES string of the molecule is CCOc1cccc(N)c1C(=O)NCCSC. The molecule has 5 heteroatoms. The molecule has 0 aliphatic rings. The van der Waals surface area contributed by atoms with E-state index in [0.717, 1.165) is 5.75 Å². The highest BCUT2D eigenvalue weighted by molar-refractivity contribution is 7.98. The van der Waals surface area contributed by atoms with Crippen LogP contribution in [-0.2, 0) is 0 Å². The molecule has 3 N–H and O–H groups in total. The zero-order valence-corrected chi connectivity index (χ0v) is 11.0. The maximum Gasteiger partial charge on any atom is 0.257 e. The van der Waals surface area contributed by atoms with Crippen LogP contribution in [0.2, 0.25) is 0 Å². The third-order valence-electron chi connectivity index (χ3n) is 2.18. The van der Waals surface area contributed by atoms with E-state index in [9.17, 15) is 4.79 Å². The molecule has 0 aromatic heterocycles. The van der Waals surface area contributed by atoms with Gasteiger partial charge in [0.2, 0.25) is 0 Å². The molecule has 0 saturated carbocycles. The zero-order chi connectivity index (χ0) is 12.7. The van der Waals surface area contributed by atoms with Crippen molar-refractivity contribution in [2.45, 2.75) is 6.92 Å². The van der Waals surface area contributed by atoms with Gasteiger partial charge in [0.15, 0.2) is 0 Å². The number of amides is 1. The summed E-state index contributed by atoms with van der Waals surface area (Å²) < 4.78 is 5.40. The largest absolute Gasteiger partial charge is 0.493 e. The number of nitrogen functional groups attached to an aromatic ring is 1. The molecule has 0 saturated heterocycles. The van der Waals surface area contributed by atoms with Crippen molar-refractivity contribution in [1.29, 1.82) is 0 Å². The van der Waals surface area contributed by atoms with Gasteiger partial charge in [0.05, 0.1) is 6.61 Å². The monoisotopic (exact) mass is 254 g/mol. The highest BCUT2D eigenvalue weighted by Gasteiger charge is 2.15. The molecule has 94 valence electrons. The summed E-state index contributed by atoms with van der Waals surface area (Å²) in [5.41, 5.74) is 6.68. The van der Waals surface area contributed by atoms with Gasteiger partial charge in [0.1, 0.15) is 11.3 Å². The molecule has 0 radical (unpaired) electrons. The molecule has 4 nitrogen and oxygen atoms in total.